The quantitative estimate of drug-likeness (QED) is 0.790. The number of hydrogen-bond donors (Lipinski definition) is 1. The maximum atomic E-state index is 6.62. The zero-order valence-corrected chi connectivity index (χ0v) is 11.8. The zero-order valence-electron chi connectivity index (χ0n) is 11.0. The van der Waals surface area contributed by atoms with E-state index in [-0.39, 0.29) is 5.54 Å². The fraction of sp³-hybridized carbons (Fsp3) is 0.733. The van der Waals surface area contributed by atoms with Crippen LogP contribution in [-0.4, -0.2) is 5.54 Å². The van der Waals surface area contributed by atoms with E-state index in [4.69, 9.17) is 5.73 Å². The summed E-state index contributed by atoms with van der Waals surface area (Å²) in [6, 6.07) is 4.37. The first-order valence-electron chi connectivity index (χ1n) is 7.03. The first kappa shape index (κ1) is 13.1. The zero-order chi connectivity index (χ0) is 12.1. The molecule has 0 aliphatic heterocycles. The molecule has 1 aliphatic rings. The summed E-state index contributed by atoms with van der Waals surface area (Å²) in [6.07, 6.45) is 10.3. The molecule has 1 aromatic heterocycles. The van der Waals surface area contributed by atoms with Gasteiger partial charge in [-0.2, -0.15) is 0 Å². The number of thiophene rings is 1. The Balaban J connectivity index is 1.92. The molecule has 0 spiro atoms. The summed E-state index contributed by atoms with van der Waals surface area (Å²) in [5.41, 5.74) is 6.69. The monoisotopic (exact) mass is 251 g/mol. The predicted octanol–water partition coefficient (Wildman–Crippen LogP) is 4.37. The first-order chi connectivity index (χ1) is 8.22. The summed E-state index contributed by atoms with van der Waals surface area (Å²) in [6.45, 7) is 2.30. The molecule has 1 aromatic rings. The van der Waals surface area contributed by atoms with Gasteiger partial charge in [0.15, 0.2) is 0 Å². The Morgan fingerprint density at radius 3 is 3.00 bits per heavy atom. The first-order valence-corrected chi connectivity index (χ1v) is 7.91. The highest BCUT2D eigenvalue weighted by molar-refractivity contribution is 7.09. The topological polar surface area (TPSA) is 26.0 Å². The average Bonchev–Trinajstić information content (AvgIpc) is 2.72. The van der Waals surface area contributed by atoms with Gasteiger partial charge in [-0.05, 0) is 43.0 Å². The Hall–Kier alpha value is -0.340. The minimum atomic E-state index is 0.0767. The minimum absolute atomic E-state index is 0.0767. The van der Waals surface area contributed by atoms with Crippen molar-refractivity contribution in [3.05, 3.63) is 22.4 Å². The highest BCUT2D eigenvalue weighted by atomic mass is 32.1. The van der Waals surface area contributed by atoms with E-state index in [1.54, 1.807) is 0 Å². The molecule has 2 rings (SSSR count). The van der Waals surface area contributed by atoms with E-state index in [0.717, 1.165) is 12.3 Å². The lowest BCUT2D eigenvalue weighted by Gasteiger charge is -2.27. The molecule has 17 heavy (non-hydrogen) atoms. The van der Waals surface area contributed by atoms with Crippen LogP contribution in [0.4, 0.5) is 0 Å². The molecule has 1 aliphatic carbocycles. The highest BCUT2D eigenvalue weighted by Crippen LogP contribution is 2.33. The van der Waals surface area contributed by atoms with Gasteiger partial charge >= 0.3 is 0 Å². The Bertz CT molecular complexity index is 320. The number of hydrogen-bond acceptors (Lipinski definition) is 2. The maximum absolute atomic E-state index is 6.62. The van der Waals surface area contributed by atoms with E-state index >= 15 is 0 Å². The molecule has 0 amide bonds. The smallest absolute Gasteiger partial charge is 0.0203 e. The maximum Gasteiger partial charge on any atom is 0.0203 e. The van der Waals surface area contributed by atoms with E-state index < -0.39 is 0 Å². The van der Waals surface area contributed by atoms with Crippen LogP contribution in [0.15, 0.2) is 17.5 Å². The van der Waals surface area contributed by atoms with Crippen molar-refractivity contribution in [3.8, 4) is 0 Å². The van der Waals surface area contributed by atoms with Crippen LogP contribution in [0, 0.1) is 5.92 Å². The lowest BCUT2D eigenvalue weighted by Crippen LogP contribution is -2.41. The lowest BCUT2D eigenvalue weighted by molar-refractivity contribution is 0.357. The van der Waals surface area contributed by atoms with Crippen molar-refractivity contribution < 1.29 is 0 Å². The van der Waals surface area contributed by atoms with Crippen LogP contribution in [0.5, 0.6) is 0 Å². The Morgan fingerprint density at radius 2 is 2.29 bits per heavy atom. The lowest BCUT2D eigenvalue weighted by atomic mass is 9.86. The van der Waals surface area contributed by atoms with Crippen molar-refractivity contribution in [1.82, 2.24) is 0 Å². The molecule has 0 bridgehead atoms. The van der Waals surface area contributed by atoms with E-state index in [2.05, 4.69) is 24.4 Å². The van der Waals surface area contributed by atoms with Crippen molar-refractivity contribution in [2.45, 2.75) is 63.8 Å². The van der Waals surface area contributed by atoms with Crippen LogP contribution in [0.3, 0.4) is 0 Å². The normalized spacial score (nSPS) is 30.1. The second kappa shape index (κ2) is 6.01. The Labute approximate surface area is 109 Å². The summed E-state index contributed by atoms with van der Waals surface area (Å²) in [5.74, 6) is 0.939. The molecular weight excluding hydrogens is 226 g/mol. The van der Waals surface area contributed by atoms with Gasteiger partial charge in [0.05, 0.1) is 0 Å². The van der Waals surface area contributed by atoms with Gasteiger partial charge in [0.2, 0.25) is 0 Å². The largest absolute Gasteiger partial charge is 0.325 e. The van der Waals surface area contributed by atoms with Crippen LogP contribution in [0.2, 0.25) is 0 Å². The molecule has 0 saturated heterocycles. The number of nitrogens with two attached hydrogens (primary N) is 1. The molecule has 0 aromatic carbocycles. The van der Waals surface area contributed by atoms with Crippen molar-refractivity contribution >= 4 is 11.3 Å². The van der Waals surface area contributed by atoms with Gasteiger partial charge in [-0.1, -0.05) is 38.7 Å². The van der Waals surface area contributed by atoms with Gasteiger partial charge in [0.25, 0.3) is 0 Å². The molecule has 96 valence electrons. The van der Waals surface area contributed by atoms with E-state index in [9.17, 15) is 0 Å². The fourth-order valence-corrected chi connectivity index (χ4v) is 4.00. The summed E-state index contributed by atoms with van der Waals surface area (Å²) in [5, 5.41) is 2.16. The van der Waals surface area contributed by atoms with Crippen LogP contribution < -0.4 is 5.73 Å². The molecule has 2 heteroatoms. The molecule has 2 unspecified atom stereocenters. The van der Waals surface area contributed by atoms with Crippen LogP contribution in [-0.2, 0) is 6.42 Å². The fourth-order valence-electron chi connectivity index (χ4n) is 3.14. The standard InChI is InChI=1S/C15H25NS/c1-2-5-13-6-3-9-15(16,10-8-13)12-14-7-4-11-17-14/h4,7,11,13H,2-3,5-6,8-10,12,16H2,1H3. The number of rotatable bonds is 4. The molecule has 1 heterocycles. The predicted molar refractivity (Wildman–Crippen MR) is 76.4 cm³/mol. The van der Waals surface area contributed by atoms with Crippen molar-refractivity contribution in [2.24, 2.45) is 11.7 Å². The molecule has 1 fully saturated rings. The van der Waals surface area contributed by atoms with E-state index in [0.29, 0.717) is 0 Å². The molecule has 1 nitrogen and oxygen atoms in total. The summed E-state index contributed by atoms with van der Waals surface area (Å²) in [4.78, 5) is 1.46. The molecular formula is C15H25NS. The third-order valence-electron chi connectivity index (χ3n) is 4.14. The third kappa shape index (κ3) is 3.82. The van der Waals surface area contributed by atoms with Crippen LogP contribution >= 0.6 is 11.3 Å². The minimum Gasteiger partial charge on any atom is -0.325 e. The van der Waals surface area contributed by atoms with Gasteiger partial charge in [0, 0.05) is 10.4 Å². The van der Waals surface area contributed by atoms with Crippen molar-refractivity contribution in [3.63, 3.8) is 0 Å². The van der Waals surface area contributed by atoms with Gasteiger partial charge in [0.1, 0.15) is 0 Å². The van der Waals surface area contributed by atoms with Gasteiger partial charge in [-0.25, -0.2) is 0 Å². The van der Waals surface area contributed by atoms with E-state index in [1.807, 2.05) is 11.3 Å². The van der Waals surface area contributed by atoms with Crippen LogP contribution in [0.1, 0.15) is 56.7 Å². The Morgan fingerprint density at radius 1 is 1.41 bits per heavy atom. The highest BCUT2D eigenvalue weighted by Gasteiger charge is 2.29. The van der Waals surface area contributed by atoms with Gasteiger partial charge < -0.3 is 5.73 Å². The molecule has 2 N–H and O–H groups in total. The van der Waals surface area contributed by atoms with Crippen molar-refractivity contribution in [2.75, 3.05) is 0 Å². The van der Waals surface area contributed by atoms with Gasteiger partial charge in [-0.3, -0.25) is 0 Å². The van der Waals surface area contributed by atoms with Gasteiger partial charge in [-0.15, -0.1) is 11.3 Å². The SMILES string of the molecule is CCCC1CCCC(N)(Cc2cccs2)CC1. The average molecular weight is 251 g/mol. The summed E-state index contributed by atoms with van der Waals surface area (Å²) >= 11 is 1.85. The molecule has 1 saturated carbocycles. The summed E-state index contributed by atoms with van der Waals surface area (Å²) in [7, 11) is 0. The second-order valence-electron chi connectivity index (χ2n) is 5.70. The molecule has 0 radical (unpaired) electrons. The van der Waals surface area contributed by atoms with Crippen LogP contribution in [0.25, 0.3) is 0 Å². The Kier molecular flexibility index (Phi) is 4.63. The molecule has 2 atom stereocenters. The van der Waals surface area contributed by atoms with Crippen molar-refractivity contribution in [1.29, 1.82) is 0 Å². The second-order valence-corrected chi connectivity index (χ2v) is 6.74. The summed E-state index contributed by atoms with van der Waals surface area (Å²) < 4.78 is 0. The third-order valence-corrected chi connectivity index (χ3v) is 5.02. The van der Waals surface area contributed by atoms with E-state index in [1.165, 1.54) is 49.8 Å².